The van der Waals surface area contributed by atoms with Crippen molar-refractivity contribution in [3.63, 3.8) is 0 Å². The minimum atomic E-state index is -0.0512. The van der Waals surface area contributed by atoms with Crippen LogP contribution < -0.4 is 11.1 Å². The van der Waals surface area contributed by atoms with Gasteiger partial charge < -0.3 is 11.1 Å². The number of hydrogen-bond acceptors (Lipinski definition) is 3. The van der Waals surface area contributed by atoms with Crippen molar-refractivity contribution in [2.75, 3.05) is 12.3 Å². The van der Waals surface area contributed by atoms with Crippen LogP contribution in [-0.2, 0) is 4.79 Å². The molecule has 0 fully saturated rings. The van der Waals surface area contributed by atoms with Crippen molar-refractivity contribution in [2.45, 2.75) is 17.7 Å². The fourth-order valence-corrected chi connectivity index (χ4v) is 3.17. The fourth-order valence-electron chi connectivity index (χ4n) is 1.86. The first-order chi connectivity index (χ1) is 8.59. The molecule has 1 aliphatic heterocycles. The van der Waals surface area contributed by atoms with Crippen molar-refractivity contribution in [3.05, 3.63) is 29.8 Å². The molecule has 0 saturated carbocycles. The summed E-state index contributed by atoms with van der Waals surface area (Å²) in [5.74, 6) is 0.862. The Labute approximate surface area is 117 Å². The lowest BCUT2D eigenvalue weighted by Gasteiger charge is -2.14. The van der Waals surface area contributed by atoms with Crippen LogP contribution in [0.4, 0.5) is 0 Å². The van der Waals surface area contributed by atoms with E-state index in [0.717, 1.165) is 11.3 Å². The van der Waals surface area contributed by atoms with Gasteiger partial charge in [-0.05, 0) is 11.6 Å². The normalized spacial score (nSPS) is 19.1. The molecule has 1 aliphatic rings. The van der Waals surface area contributed by atoms with Crippen molar-refractivity contribution >= 4 is 34.9 Å². The van der Waals surface area contributed by atoms with E-state index in [0.29, 0.717) is 11.5 Å². The summed E-state index contributed by atoms with van der Waals surface area (Å²) < 4.78 is 0. The van der Waals surface area contributed by atoms with Crippen molar-refractivity contribution in [1.82, 2.24) is 5.32 Å². The van der Waals surface area contributed by atoms with E-state index in [2.05, 4.69) is 11.4 Å². The molecule has 96 valence electrons. The maximum Gasteiger partial charge on any atom is 0.228 e. The Morgan fingerprint density at radius 2 is 2.33 bits per heavy atom. The minimum Gasteiger partial charge on any atom is -0.393 e. The predicted molar refractivity (Wildman–Crippen MR) is 78.9 cm³/mol. The maximum atomic E-state index is 12.1. The van der Waals surface area contributed by atoms with Gasteiger partial charge in [0, 0.05) is 23.1 Å². The maximum absolute atomic E-state index is 12.1. The lowest BCUT2D eigenvalue weighted by Crippen LogP contribution is -2.36. The molecule has 2 atom stereocenters. The zero-order chi connectivity index (χ0) is 13.1. The van der Waals surface area contributed by atoms with E-state index in [-0.39, 0.29) is 17.7 Å². The van der Waals surface area contributed by atoms with Crippen LogP contribution in [0.2, 0.25) is 0 Å². The van der Waals surface area contributed by atoms with Gasteiger partial charge in [0.05, 0.1) is 10.9 Å². The average Bonchev–Trinajstić information content (AvgIpc) is 2.79. The Hall–Kier alpha value is -1.07. The molecule has 1 aromatic rings. The summed E-state index contributed by atoms with van der Waals surface area (Å²) in [7, 11) is 0. The Kier molecular flexibility index (Phi) is 4.24. The van der Waals surface area contributed by atoms with Gasteiger partial charge in [-0.2, -0.15) is 0 Å². The van der Waals surface area contributed by atoms with Crippen LogP contribution in [-0.4, -0.2) is 23.2 Å². The number of hydrogen-bond donors (Lipinski definition) is 2. The molecule has 18 heavy (non-hydrogen) atoms. The zero-order valence-corrected chi connectivity index (χ0v) is 11.8. The minimum absolute atomic E-state index is 0.0354. The number of fused-ring (bicyclic) bond motifs is 1. The number of thiocarbonyl (C=S) groups is 1. The third-order valence-corrected chi connectivity index (χ3v) is 4.67. The number of carbonyl (C=O) groups is 1. The molecule has 0 aliphatic carbocycles. The summed E-state index contributed by atoms with van der Waals surface area (Å²) in [6.45, 7) is 2.43. The summed E-state index contributed by atoms with van der Waals surface area (Å²) in [5, 5.41) is 2.93. The molecular weight excluding hydrogens is 264 g/mol. The highest BCUT2D eigenvalue weighted by Gasteiger charge is 2.28. The van der Waals surface area contributed by atoms with E-state index in [1.807, 2.05) is 25.1 Å². The van der Waals surface area contributed by atoms with Crippen molar-refractivity contribution in [3.8, 4) is 0 Å². The molecule has 0 radical (unpaired) electrons. The van der Waals surface area contributed by atoms with Gasteiger partial charge in [-0.1, -0.05) is 37.3 Å². The van der Waals surface area contributed by atoms with E-state index in [1.165, 1.54) is 4.90 Å². The smallest absolute Gasteiger partial charge is 0.228 e. The molecule has 0 bridgehead atoms. The van der Waals surface area contributed by atoms with Gasteiger partial charge in [0.15, 0.2) is 0 Å². The van der Waals surface area contributed by atoms with Crippen LogP contribution in [0.5, 0.6) is 0 Å². The Morgan fingerprint density at radius 1 is 1.61 bits per heavy atom. The highest BCUT2D eigenvalue weighted by molar-refractivity contribution is 7.99. The number of rotatable bonds is 4. The molecule has 1 heterocycles. The molecule has 1 amide bonds. The van der Waals surface area contributed by atoms with Gasteiger partial charge in [0.1, 0.15) is 0 Å². The number of nitrogens with two attached hydrogens (primary N) is 1. The van der Waals surface area contributed by atoms with Crippen molar-refractivity contribution in [2.24, 2.45) is 11.7 Å². The third-order valence-electron chi connectivity index (χ3n) is 3.08. The summed E-state index contributed by atoms with van der Waals surface area (Å²) in [5.41, 5.74) is 6.66. The monoisotopic (exact) mass is 280 g/mol. The van der Waals surface area contributed by atoms with Gasteiger partial charge in [-0.15, -0.1) is 11.8 Å². The van der Waals surface area contributed by atoms with Crippen LogP contribution >= 0.6 is 24.0 Å². The predicted octanol–water partition coefficient (Wildman–Crippen LogP) is 1.91. The number of benzene rings is 1. The SMILES string of the molecule is CC(CNC(=O)C1CSc2ccccc21)C(N)=S. The first-order valence-corrected chi connectivity index (χ1v) is 7.27. The molecule has 0 spiro atoms. The first kappa shape index (κ1) is 13.4. The second kappa shape index (κ2) is 5.71. The summed E-state index contributed by atoms with van der Waals surface area (Å²) in [6.07, 6.45) is 0. The van der Waals surface area contributed by atoms with Gasteiger partial charge >= 0.3 is 0 Å². The van der Waals surface area contributed by atoms with Gasteiger partial charge in [-0.3, -0.25) is 4.79 Å². The van der Waals surface area contributed by atoms with Gasteiger partial charge in [-0.25, -0.2) is 0 Å². The van der Waals surface area contributed by atoms with E-state index in [1.54, 1.807) is 11.8 Å². The van der Waals surface area contributed by atoms with E-state index >= 15 is 0 Å². The molecule has 5 heteroatoms. The van der Waals surface area contributed by atoms with Crippen molar-refractivity contribution in [1.29, 1.82) is 0 Å². The van der Waals surface area contributed by atoms with Gasteiger partial charge in [0.25, 0.3) is 0 Å². The molecule has 3 nitrogen and oxygen atoms in total. The second-order valence-corrected chi connectivity index (χ2v) is 5.98. The zero-order valence-electron chi connectivity index (χ0n) is 10.2. The summed E-state index contributed by atoms with van der Waals surface area (Å²) in [6, 6.07) is 8.06. The van der Waals surface area contributed by atoms with Crippen LogP contribution in [0.1, 0.15) is 18.4 Å². The highest BCUT2D eigenvalue weighted by Crippen LogP contribution is 2.39. The molecule has 2 unspecified atom stereocenters. The topological polar surface area (TPSA) is 55.1 Å². The molecule has 3 N–H and O–H groups in total. The highest BCUT2D eigenvalue weighted by atomic mass is 32.2. The lowest BCUT2D eigenvalue weighted by molar-refractivity contribution is -0.122. The number of nitrogens with one attached hydrogen (secondary N) is 1. The second-order valence-electron chi connectivity index (χ2n) is 4.45. The largest absolute Gasteiger partial charge is 0.393 e. The molecule has 0 saturated heterocycles. The Balaban J connectivity index is 1.97. The van der Waals surface area contributed by atoms with Crippen LogP contribution in [0, 0.1) is 5.92 Å². The number of carbonyl (C=O) groups excluding carboxylic acids is 1. The van der Waals surface area contributed by atoms with Crippen LogP contribution in [0.25, 0.3) is 0 Å². The van der Waals surface area contributed by atoms with E-state index < -0.39 is 0 Å². The van der Waals surface area contributed by atoms with Gasteiger partial charge in [0.2, 0.25) is 5.91 Å². The average molecular weight is 280 g/mol. The lowest BCUT2D eigenvalue weighted by atomic mass is 10.0. The van der Waals surface area contributed by atoms with Crippen molar-refractivity contribution < 1.29 is 4.79 Å². The Bertz CT molecular complexity index is 476. The molecule has 0 aromatic heterocycles. The van der Waals surface area contributed by atoms with Crippen LogP contribution in [0.3, 0.4) is 0 Å². The van der Waals surface area contributed by atoms with E-state index in [9.17, 15) is 4.79 Å². The number of thioether (sulfide) groups is 1. The third kappa shape index (κ3) is 2.84. The first-order valence-electron chi connectivity index (χ1n) is 5.88. The molecule has 2 rings (SSSR count). The standard InChI is InChI=1S/C13H16N2OS2/c1-8(12(14)17)6-15-13(16)10-7-18-11-5-3-2-4-9(10)11/h2-5,8,10H,6-7H2,1H3,(H2,14,17)(H,15,16). The fraction of sp³-hybridized carbons (Fsp3) is 0.385. The summed E-state index contributed by atoms with van der Waals surface area (Å²) in [4.78, 5) is 13.8. The van der Waals surface area contributed by atoms with Crippen LogP contribution in [0.15, 0.2) is 29.2 Å². The number of amides is 1. The van der Waals surface area contributed by atoms with E-state index in [4.69, 9.17) is 18.0 Å². The quantitative estimate of drug-likeness (QED) is 0.827. The Morgan fingerprint density at radius 3 is 3.06 bits per heavy atom. The molecule has 1 aromatic carbocycles. The molecular formula is C13H16N2OS2. The summed E-state index contributed by atoms with van der Waals surface area (Å²) >= 11 is 6.62.